The molecule has 0 amide bonds. The SMILES string of the molecule is Cc1cccc(-c2nc(C)c3nc(C)n(CCOc4ccc(Cl)cc4-c4cc(C)nc5c(C(=O)O)csc45)c(=O)c3c2C#N)c1. The first-order valence-corrected chi connectivity index (χ1v) is 15.3. The summed E-state index contributed by atoms with van der Waals surface area (Å²) in [5, 5.41) is 22.1. The van der Waals surface area contributed by atoms with Crippen LogP contribution >= 0.6 is 22.9 Å². The number of nitrogens with zero attached hydrogens (tertiary/aromatic N) is 5. The van der Waals surface area contributed by atoms with Gasteiger partial charge in [0.2, 0.25) is 0 Å². The zero-order valence-electron chi connectivity index (χ0n) is 24.8. The van der Waals surface area contributed by atoms with E-state index in [1.807, 2.05) is 37.3 Å². The van der Waals surface area contributed by atoms with Gasteiger partial charge in [-0.2, -0.15) is 5.26 Å². The molecule has 0 aliphatic heterocycles. The number of fused-ring (bicyclic) bond motifs is 2. The molecule has 45 heavy (non-hydrogen) atoms. The molecule has 0 aliphatic rings. The van der Waals surface area contributed by atoms with Gasteiger partial charge in [-0.15, -0.1) is 11.3 Å². The fraction of sp³-hybridized carbons (Fsp3) is 0.176. The number of aromatic nitrogens is 4. The van der Waals surface area contributed by atoms with Gasteiger partial charge in [-0.25, -0.2) is 14.8 Å². The van der Waals surface area contributed by atoms with Crippen molar-refractivity contribution in [3.8, 4) is 34.2 Å². The summed E-state index contributed by atoms with van der Waals surface area (Å²) in [7, 11) is 0. The normalized spacial score (nSPS) is 11.2. The van der Waals surface area contributed by atoms with Gasteiger partial charge in [-0.1, -0.05) is 35.4 Å². The molecule has 4 aromatic heterocycles. The number of halogens is 1. The number of carbonyl (C=O) groups is 1. The van der Waals surface area contributed by atoms with E-state index < -0.39 is 5.97 Å². The van der Waals surface area contributed by atoms with Crippen molar-refractivity contribution in [2.75, 3.05) is 6.61 Å². The third-order valence-electron chi connectivity index (χ3n) is 7.56. The number of aromatic carboxylic acids is 1. The molecule has 0 radical (unpaired) electrons. The lowest BCUT2D eigenvalue weighted by Gasteiger charge is -2.16. The molecule has 0 unspecified atom stereocenters. The fourth-order valence-electron chi connectivity index (χ4n) is 5.49. The molecular formula is C34H26ClN5O4S. The van der Waals surface area contributed by atoms with Crippen molar-refractivity contribution in [1.82, 2.24) is 19.5 Å². The molecule has 6 rings (SSSR count). The molecule has 0 saturated heterocycles. The van der Waals surface area contributed by atoms with Crippen LogP contribution in [0.2, 0.25) is 5.02 Å². The Kier molecular flexibility index (Phi) is 7.83. The first-order chi connectivity index (χ1) is 21.6. The van der Waals surface area contributed by atoms with E-state index >= 15 is 0 Å². The van der Waals surface area contributed by atoms with Gasteiger partial charge in [-0.05, 0) is 58.0 Å². The minimum absolute atomic E-state index is 0.108. The lowest BCUT2D eigenvalue weighted by atomic mass is 10.0. The number of carboxylic acids is 1. The summed E-state index contributed by atoms with van der Waals surface area (Å²) in [5.41, 5.74) is 5.62. The summed E-state index contributed by atoms with van der Waals surface area (Å²) >= 11 is 7.69. The van der Waals surface area contributed by atoms with E-state index in [9.17, 15) is 20.0 Å². The van der Waals surface area contributed by atoms with E-state index in [1.54, 1.807) is 44.4 Å². The van der Waals surface area contributed by atoms with Gasteiger partial charge in [0.05, 0.1) is 44.7 Å². The number of carboxylic acid groups (broad SMARTS) is 1. The Morgan fingerprint density at radius 1 is 1.04 bits per heavy atom. The molecule has 224 valence electrons. The van der Waals surface area contributed by atoms with Crippen LogP contribution in [0.15, 0.2) is 58.7 Å². The van der Waals surface area contributed by atoms with E-state index in [0.29, 0.717) is 55.0 Å². The molecule has 11 heteroatoms. The number of hydrogen-bond acceptors (Lipinski definition) is 8. The number of nitriles is 1. The van der Waals surface area contributed by atoms with Crippen LogP contribution in [0.3, 0.4) is 0 Å². The minimum Gasteiger partial charge on any atom is -0.491 e. The maximum atomic E-state index is 14.0. The van der Waals surface area contributed by atoms with Crippen molar-refractivity contribution in [3.63, 3.8) is 0 Å². The molecule has 0 atom stereocenters. The lowest BCUT2D eigenvalue weighted by molar-refractivity contribution is 0.0699. The Morgan fingerprint density at radius 2 is 1.84 bits per heavy atom. The van der Waals surface area contributed by atoms with Crippen molar-refractivity contribution < 1.29 is 14.6 Å². The van der Waals surface area contributed by atoms with Crippen molar-refractivity contribution >= 4 is 50.0 Å². The number of hydrogen-bond donors (Lipinski definition) is 1. The first-order valence-electron chi connectivity index (χ1n) is 14.0. The average Bonchev–Trinajstić information content (AvgIpc) is 3.43. The van der Waals surface area contributed by atoms with Crippen molar-refractivity contribution in [2.24, 2.45) is 0 Å². The number of aryl methyl sites for hydroxylation is 4. The fourth-order valence-corrected chi connectivity index (χ4v) is 6.67. The number of pyridine rings is 2. The van der Waals surface area contributed by atoms with Crippen LogP contribution in [0.5, 0.6) is 5.75 Å². The van der Waals surface area contributed by atoms with E-state index in [0.717, 1.165) is 16.7 Å². The predicted octanol–water partition coefficient (Wildman–Crippen LogP) is 7.27. The third kappa shape index (κ3) is 5.41. The Balaban J connectivity index is 1.39. The van der Waals surface area contributed by atoms with Crippen LogP contribution < -0.4 is 10.3 Å². The van der Waals surface area contributed by atoms with E-state index in [1.165, 1.54) is 15.9 Å². The maximum Gasteiger partial charge on any atom is 0.338 e. The molecule has 0 bridgehead atoms. The number of rotatable bonds is 7. The van der Waals surface area contributed by atoms with Gasteiger partial charge < -0.3 is 9.84 Å². The summed E-state index contributed by atoms with van der Waals surface area (Å²) in [5.74, 6) is -0.0690. The number of benzene rings is 2. The predicted molar refractivity (Wildman–Crippen MR) is 175 cm³/mol. The van der Waals surface area contributed by atoms with Crippen LogP contribution in [0.25, 0.3) is 43.5 Å². The minimum atomic E-state index is -1.05. The highest BCUT2D eigenvalue weighted by Crippen LogP contribution is 2.40. The molecular weight excluding hydrogens is 610 g/mol. The summed E-state index contributed by atoms with van der Waals surface area (Å²) in [4.78, 5) is 39.6. The summed E-state index contributed by atoms with van der Waals surface area (Å²) in [6, 6.07) is 17.0. The van der Waals surface area contributed by atoms with Gasteiger partial charge in [-0.3, -0.25) is 14.3 Å². The second-order valence-corrected chi connectivity index (χ2v) is 12.0. The molecule has 6 aromatic rings. The Labute approximate surface area is 267 Å². The average molecular weight is 636 g/mol. The van der Waals surface area contributed by atoms with Crippen LogP contribution in [0, 0.1) is 39.0 Å². The highest BCUT2D eigenvalue weighted by molar-refractivity contribution is 7.18. The highest BCUT2D eigenvalue weighted by atomic mass is 35.5. The van der Waals surface area contributed by atoms with Gasteiger partial charge in [0.25, 0.3) is 5.56 Å². The Morgan fingerprint density at radius 3 is 2.58 bits per heavy atom. The topological polar surface area (TPSA) is 131 Å². The number of ether oxygens (including phenoxy) is 1. The molecule has 2 aromatic carbocycles. The van der Waals surface area contributed by atoms with Gasteiger partial charge >= 0.3 is 5.97 Å². The third-order valence-corrected chi connectivity index (χ3v) is 8.80. The molecule has 1 N–H and O–H groups in total. The zero-order chi connectivity index (χ0) is 32.0. The van der Waals surface area contributed by atoms with E-state index in [4.69, 9.17) is 16.3 Å². The standard InChI is InChI=1S/C34H26ClN5O4S/c1-17-6-5-7-21(12-17)30-25(15-36)28-29(19(3)38-30)39-20(4)40(33(28)41)10-11-44-27-9-8-22(35)14-23(27)24-13-18(2)37-31-26(34(42)43)16-45-32(24)31/h5-9,12-14,16H,10-11H2,1-4H3,(H,42,43). The van der Waals surface area contributed by atoms with Crippen LogP contribution in [0.4, 0.5) is 0 Å². The van der Waals surface area contributed by atoms with Crippen LogP contribution in [-0.2, 0) is 6.54 Å². The molecule has 0 aliphatic carbocycles. The summed E-state index contributed by atoms with van der Waals surface area (Å²) < 4.78 is 8.45. The van der Waals surface area contributed by atoms with Crippen LogP contribution in [-0.4, -0.2) is 37.2 Å². The van der Waals surface area contributed by atoms with Crippen molar-refractivity contribution in [3.05, 3.63) is 103 Å². The zero-order valence-corrected chi connectivity index (χ0v) is 26.4. The quantitative estimate of drug-likeness (QED) is 0.194. The molecule has 0 saturated carbocycles. The highest BCUT2D eigenvalue weighted by Gasteiger charge is 2.22. The molecule has 4 heterocycles. The van der Waals surface area contributed by atoms with Gasteiger partial charge in [0, 0.05) is 32.8 Å². The second-order valence-electron chi connectivity index (χ2n) is 10.7. The van der Waals surface area contributed by atoms with Gasteiger partial charge in [0.1, 0.15) is 29.8 Å². The van der Waals surface area contributed by atoms with Crippen LogP contribution in [0.1, 0.15) is 38.7 Å². The van der Waals surface area contributed by atoms with Crippen molar-refractivity contribution in [2.45, 2.75) is 34.2 Å². The first kappa shape index (κ1) is 29.9. The summed E-state index contributed by atoms with van der Waals surface area (Å²) in [6.07, 6.45) is 0. The van der Waals surface area contributed by atoms with E-state index in [-0.39, 0.29) is 35.2 Å². The summed E-state index contributed by atoms with van der Waals surface area (Å²) in [6.45, 7) is 7.55. The number of thiophene rings is 1. The maximum absolute atomic E-state index is 14.0. The molecule has 0 fully saturated rings. The molecule has 0 spiro atoms. The smallest absolute Gasteiger partial charge is 0.338 e. The Bertz CT molecular complexity index is 2290. The lowest BCUT2D eigenvalue weighted by Crippen LogP contribution is -2.27. The largest absolute Gasteiger partial charge is 0.491 e. The van der Waals surface area contributed by atoms with Gasteiger partial charge in [0.15, 0.2) is 0 Å². The second kappa shape index (κ2) is 11.8. The Hall–Kier alpha value is -5.11. The van der Waals surface area contributed by atoms with Crippen molar-refractivity contribution in [1.29, 1.82) is 5.26 Å². The molecule has 9 nitrogen and oxygen atoms in total. The van der Waals surface area contributed by atoms with E-state index in [2.05, 4.69) is 21.0 Å². The monoisotopic (exact) mass is 635 g/mol.